The number of rotatable bonds is 8. The average Bonchev–Trinajstić information content (AvgIpc) is 2.94. The van der Waals surface area contributed by atoms with E-state index < -0.39 is 10.0 Å². The summed E-state index contributed by atoms with van der Waals surface area (Å²) in [7, 11) is -2.36. The lowest BCUT2D eigenvalue weighted by Crippen LogP contribution is -2.16. The highest BCUT2D eigenvalue weighted by molar-refractivity contribution is 7.92. The first-order chi connectivity index (χ1) is 18.8. The standard InChI is InChI=1S/C29H23ClN4O4S/c1-38-23-14-12-22(13-15-23)31-29(35)20-8-6-19(7-9-20)18-27-28(33-26-5-3-2-4-25(26)32-27)34-39(36,37)24-16-10-21(30)11-17-24/h2-17H,18H2,1H3,(H,31,35)(H,33,34). The van der Waals surface area contributed by atoms with Gasteiger partial charge in [-0.05, 0) is 78.4 Å². The van der Waals surface area contributed by atoms with Gasteiger partial charge in [-0.2, -0.15) is 0 Å². The zero-order chi connectivity index (χ0) is 27.4. The molecular weight excluding hydrogens is 536 g/mol. The van der Waals surface area contributed by atoms with Gasteiger partial charge in [-0.1, -0.05) is 35.9 Å². The second-order valence-corrected chi connectivity index (χ2v) is 10.7. The molecule has 0 radical (unpaired) electrons. The zero-order valence-corrected chi connectivity index (χ0v) is 22.3. The Morgan fingerprint density at radius 2 is 1.49 bits per heavy atom. The molecule has 5 aromatic rings. The van der Waals surface area contributed by atoms with Gasteiger partial charge >= 0.3 is 0 Å². The van der Waals surface area contributed by atoms with Gasteiger partial charge in [-0.15, -0.1) is 0 Å². The van der Waals surface area contributed by atoms with Crippen LogP contribution in [0.2, 0.25) is 5.02 Å². The smallest absolute Gasteiger partial charge is 0.263 e. The Hall–Kier alpha value is -4.47. The van der Waals surface area contributed by atoms with E-state index >= 15 is 0 Å². The van der Waals surface area contributed by atoms with Crippen LogP contribution in [-0.4, -0.2) is 31.4 Å². The van der Waals surface area contributed by atoms with Crippen molar-refractivity contribution in [3.8, 4) is 5.75 Å². The number of ether oxygens (including phenoxy) is 1. The number of aromatic nitrogens is 2. The zero-order valence-electron chi connectivity index (χ0n) is 20.8. The third-order valence-electron chi connectivity index (χ3n) is 5.93. The van der Waals surface area contributed by atoms with Crippen molar-refractivity contribution in [2.45, 2.75) is 11.3 Å². The van der Waals surface area contributed by atoms with Crippen molar-refractivity contribution in [3.05, 3.63) is 119 Å². The van der Waals surface area contributed by atoms with E-state index in [1.54, 1.807) is 61.7 Å². The first-order valence-electron chi connectivity index (χ1n) is 11.9. The highest BCUT2D eigenvalue weighted by Gasteiger charge is 2.19. The number of halogens is 1. The molecule has 1 aromatic heterocycles. The van der Waals surface area contributed by atoms with Crippen LogP contribution in [0.15, 0.2) is 102 Å². The van der Waals surface area contributed by atoms with Crippen LogP contribution in [0.5, 0.6) is 5.75 Å². The fourth-order valence-corrected chi connectivity index (χ4v) is 5.04. The van der Waals surface area contributed by atoms with E-state index in [0.29, 0.717) is 38.8 Å². The summed E-state index contributed by atoms with van der Waals surface area (Å²) in [4.78, 5) is 22.0. The number of benzene rings is 4. The predicted molar refractivity (Wildman–Crippen MR) is 152 cm³/mol. The van der Waals surface area contributed by atoms with E-state index in [0.717, 1.165) is 5.56 Å². The molecule has 0 aliphatic heterocycles. The Kier molecular flexibility index (Phi) is 7.44. The highest BCUT2D eigenvalue weighted by Crippen LogP contribution is 2.24. The molecular formula is C29H23ClN4O4S. The SMILES string of the molecule is COc1ccc(NC(=O)c2ccc(Cc3nc4ccccc4nc3NS(=O)(=O)c3ccc(Cl)cc3)cc2)cc1. The topological polar surface area (TPSA) is 110 Å². The molecule has 196 valence electrons. The van der Waals surface area contributed by atoms with Crippen molar-refractivity contribution in [2.75, 3.05) is 17.1 Å². The number of anilines is 2. The molecule has 4 aromatic carbocycles. The molecule has 0 saturated heterocycles. The Bertz CT molecular complexity index is 1740. The van der Waals surface area contributed by atoms with Gasteiger partial charge in [0, 0.05) is 22.7 Å². The number of nitrogens with zero attached hydrogens (tertiary/aromatic N) is 2. The van der Waals surface area contributed by atoms with Crippen LogP contribution in [0, 0.1) is 0 Å². The van der Waals surface area contributed by atoms with Gasteiger partial charge in [0.05, 0.1) is 28.7 Å². The molecule has 0 bridgehead atoms. The number of fused-ring (bicyclic) bond motifs is 1. The summed E-state index contributed by atoms with van der Waals surface area (Å²) in [6.45, 7) is 0. The molecule has 0 aliphatic rings. The molecule has 0 saturated carbocycles. The number of nitrogens with one attached hydrogen (secondary N) is 2. The summed E-state index contributed by atoms with van der Waals surface area (Å²) < 4.78 is 33.9. The molecule has 0 atom stereocenters. The molecule has 10 heteroatoms. The summed E-state index contributed by atoms with van der Waals surface area (Å²) in [5.74, 6) is 0.572. The van der Waals surface area contributed by atoms with E-state index in [9.17, 15) is 13.2 Å². The van der Waals surface area contributed by atoms with Gasteiger partial charge < -0.3 is 10.1 Å². The molecule has 1 heterocycles. The highest BCUT2D eigenvalue weighted by atomic mass is 35.5. The summed E-state index contributed by atoms with van der Waals surface area (Å²) in [5.41, 5.74) is 3.59. The minimum atomic E-state index is -3.94. The van der Waals surface area contributed by atoms with Crippen LogP contribution in [0.4, 0.5) is 11.5 Å². The van der Waals surface area contributed by atoms with Crippen molar-refractivity contribution in [1.82, 2.24) is 9.97 Å². The largest absolute Gasteiger partial charge is 0.497 e. The van der Waals surface area contributed by atoms with Crippen LogP contribution >= 0.6 is 11.6 Å². The predicted octanol–water partition coefficient (Wildman–Crippen LogP) is 5.94. The van der Waals surface area contributed by atoms with Crippen LogP contribution < -0.4 is 14.8 Å². The Morgan fingerprint density at radius 3 is 2.13 bits per heavy atom. The van der Waals surface area contributed by atoms with Gasteiger partial charge in [0.25, 0.3) is 15.9 Å². The van der Waals surface area contributed by atoms with E-state index in [1.807, 2.05) is 18.2 Å². The Balaban J connectivity index is 1.39. The minimum absolute atomic E-state index is 0.0556. The Labute approximate surface area is 230 Å². The third kappa shape index (κ3) is 6.17. The van der Waals surface area contributed by atoms with Crippen molar-refractivity contribution in [1.29, 1.82) is 0 Å². The van der Waals surface area contributed by atoms with E-state index in [1.165, 1.54) is 24.3 Å². The van der Waals surface area contributed by atoms with Gasteiger partial charge in [0.15, 0.2) is 5.82 Å². The number of amides is 1. The number of para-hydroxylation sites is 2. The third-order valence-corrected chi connectivity index (χ3v) is 7.54. The summed E-state index contributed by atoms with van der Waals surface area (Å²) >= 11 is 5.92. The molecule has 2 N–H and O–H groups in total. The molecule has 0 aliphatic carbocycles. The molecule has 5 rings (SSSR count). The van der Waals surface area contributed by atoms with Crippen LogP contribution in [0.1, 0.15) is 21.6 Å². The quantitative estimate of drug-likeness (QED) is 0.244. The molecule has 0 spiro atoms. The maximum Gasteiger partial charge on any atom is 0.263 e. The van der Waals surface area contributed by atoms with Crippen LogP contribution in [-0.2, 0) is 16.4 Å². The van der Waals surface area contributed by atoms with Crippen LogP contribution in [0.25, 0.3) is 11.0 Å². The number of hydrogen-bond donors (Lipinski definition) is 2. The molecule has 39 heavy (non-hydrogen) atoms. The lowest BCUT2D eigenvalue weighted by molar-refractivity contribution is 0.102. The summed E-state index contributed by atoms with van der Waals surface area (Å²) in [5, 5.41) is 3.28. The summed E-state index contributed by atoms with van der Waals surface area (Å²) in [6.07, 6.45) is 0.288. The monoisotopic (exact) mass is 558 g/mol. The summed E-state index contributed by atoms with van der Waals surface area (Å²) in [6, 6.07) is 27.2. The minimum Gasteiger partial charge on any atom is -0.497 e. The van der Waals surface area contributed by atoms with E-state index in [-0.39, 0.29) is 23.0 Å². The van der Waals surface area contributed by atoms with Gasteiger partial charge in [-0.3, -0.25) is 9.52 Å². The first kappa shape index (κ1) is 26.1. The lowest BCUT2D eigenvalue weighted by atomic mass is 10.1. The molecule has 0 fully saturated rings. The van der Waals surface area contributed by atoms with Crippen LogP contribution in [0.3, 0.4) is 0 Å². The Morgan fingerprint density at radius 1 is 0.846 bits per heavy atom. The normalized spacial score (nSPS) is 11.2. The first-order valence-corrected chi connectivity index (χ1v) is 13.8. The maximum absolute atomic E-state index is 13.1. The number of hydrogen-bond acceptors (Lipinski definition) is 6. The molecule has 0 unspecified atom stereocenters. The lowest BCUT2D eigenvalue weighted by Gasteiger charge is -2.13. The number of methoxy groups -OCH3 is 1. The fraction of sp³-hybridized carbons (Fsp3) is 0.0690. The maximum atomic E-state index is 13.1. The second kappa shape index (κ2) is 11.1. The molecule has 1 amide bonds. The van der Waals surface area contributed by atoms with Crippen molar-refractivity contribution < 1.29 is 17.9 Å². The van der Waals surface area contributed by atoms with Crippen molar-refractivity contribution in [3.63, 3.8) is 0 Å². The van der Waals surface area contributed by atoms with Gasteiger partial charge in [-0.25, -0.2) is 18.4 Å². The number of carbonyl (C=O) groups excluding carboxylic acids is 1. The van der Waals surface area contributed by atoms with Gasteiger partial charge in [0.2, 0.25) is 0 Å². The van der Waals surface area contributed by atoms with Crippen molar-refractivity contribution >= 4 is 50.1 Å². The number of carbonyl (C=O) groups is 1. The second-order valence-electron chi connectivity index (χ2n) is 8.62. The van der Waals surface area contributed by atoms with E-state index in [2.05, 4.69) is 20.0 Å². The average molecular weight is 559 g/mol. The number of sulfonamides is 1. The van der Waals surface area contributed by atoms with Gasteiger partial charge in [0.1, 0.15) is 5.75 Å². The van der Waals surface area contributed by atoms with E-state index in [4.69, 9.17) is 16.3 Å². The van der Waals surface area contributed by atoms with Crippen molar-refractivity contribution in [2.24, 2.45) is 0 Å². The fourth-order valence-electron chi connectivity index (χ4n) is 3.89. The molecule has 8 nitrogen and oxygen atoms in total.